The van der Waals surface area contributed by atoms with Crippen molar-refractivity contribution in [3.8, 4) is 0 Å². The molecule has 0 bridgehead atoms. The summed E-state index contributed by atoms with van der Waals surface area (Å²) < 4.78 is 13.2. The molecule has 0 unspecified atom stereocenters. The van der Waals surface area contributed by atoms with E-state index >= 15 is 0 Å². The molecule has 6 nitrogen and oxygen atoms in total. The lowest BCUT2D eigenvalue weighted by Gasteiger charge is -2.08. The first-order chi connectivity index (χ1) is 13.6. The Morgan fingerprint density at radius 2 is 1.79 bits per heavy atom. The molecule has 138 valence electrons. The Bertz CT molecular complexity index is 1160. The van der Waals surface area contributed by atoms with Crippen molar-refractivity contribution in [2.45, 2.75) is 0 Å². The van der Waals surface area contributed by atoms with Gasteiger partial charge in [-0.25, -0.2) is 14.4 Å². The Balaban J connectivity index is 1.50. The predicted molar refractivity (Wildman–Crippen MR) is 106 cm³/mol. The van der Waals surface area contributed by atoms with E-state index in [9.17, 15) is 9.18 Å². The van der Waals surface area contributed by atoms with Crippen molar-refractivity contribution in [3.05, 3.63) is 83.5 Å². The average molecular weight is 394 g/mol. The van der Waals surface area contributed by atoms with Crippen LogP contribution in [0.15, 0.2) is 67.1 Å². The SMILES string of the molecule is O=C(Nc1ccc(F)c(Cl)c1)c1cnc(Nc2cccc3cccnc23)nc1. The minimum absolute atomic E-state index is 0.0719. The molecule has 2 heterocycles. The van der Waals surface area contributed by atoms with E-state index in [1.807, 2.05) is 30.3 Å². The van der Waals surface area contributed by atoms with Crippen molar-refractivity contribution >= 4 is 45.7 Å². The number of halogens is 2. The van der Waals surface area contributed by atoms with Gasteiger partial charge < -0.3 is 10.6 Å². The van der Waals surface area contributed by atoms with E-state index in [-0.39, 0.29) is 10.6 Å². The van der Waals surface area contributed by atoms with Crippen molar-refractivity contribution in [1.29, 1.82) is 0 Å². The third-order valence-corrected chi connectivity index (χ3v) is 4.26. The third-order valence-electron chi connectivity index (χ3n) is 3.97. The summed E-state index contributed by atoms with van der Waals surface area (Å²) in [7, 11) is 0. The van der Waals surface area contributed by atoms with Gasteiger partial charge in [0.05, 0.1) is 21.8 Å². The molecule has 1 amide bonds. The fraction of sp³-hybridized carbons (Fsp3) is 0. The van der Waals surface area contributed by atoms with Crippen molar-refractivity contribution < 1.29 is 9.18 Å². The molecular formula is C20H13ClFN5O. The first kappa shape index (κ1) is 17.8. The standard InChI is InChI=1S/C20H13ClFN5O/c21-15-9-14(6-7-16(15)22)26-19(28)13-10-24-20(25-11-13)27-17-5-1-3-12-4-2-8-23-18(12)17/h1-11H,(H,26,28)(H,24,25,27). The first-order valence-electron chi connectivity index (χ1n) is 8.29. The molecule has 0 aliphatic heterocycles. The molecule has 2 aromatic heterocycles. The Morgan fingerprint density at radius 3 is 2.57 bits per heavy atom. The fourth-order valence-corrected chi connectivity index (χ4v) is 2.79. The number of nitrogens with zero attached hydrogens (tertiary/aromatic N) is 3. The lowest BCUT2D eigenvalue weighted by atomic mass is 10.2. The third kappa shape index (κ3) is 3.74. The highest BCUT2D eigenvalue weighted by Crippen LogP contribution is 2.23. The normalized spacial score (nSPS) is 10.6. The number of nitrogens with one attached hydrogen (secondary N) is 2. The smallest absolute Gasteiger partial charge is 0.258 e. The van der Waals surface area contributed by atoms with Gasteiger partial charge in [0.25, 0.3) is 5.91 Å². The molecular weight excluding hydrogens is 381 g/mol. The number of hydrogen-bond donors (Lipinski definition) is 2. The second-order valence-electron chi connectivity index (χ2n) is 5.88. The maximum atomic E-state index is 13.2. The van der Waals surface area contributed by atoms with Gasteiger partial charge >= 0.3 is 0 Å². The van der Waals surface area contributed by atoms with Gasteiger partial charge in [-0.1, -0.05) is 29.8 Å². The van der Waals surface area contributed by atoms with Gasteiger partial charge in [0.1, 0.15) is 5.82 Å². The Labute approximate surface area is 164 Å². The number of fused-ring (bicyclic) bond motifs is 1. The number of para-hydroxylation sites is 1. The molecule has 0 radical (unpaired) electrons. The van der Waals surface area contributed by atoms with E-state index in [1.54, 1.807) is 6.20 Å². The van der Waals surface area contributed by atoms with Gasteiger partial charge in [-0.2, -0.15) is 0 Å². The van der Waals surface area contributed by atoms with Gasteiger partial charge in [0, 0.05) is 29.7 Å². The van der Waals surface area contributed by atoms with Crippen LogP contribution in [0.4, 0.5) is 21.7 Å². The van der Waals surface area contributed by atoms with Crippen molar-refractivity contribution in [1.82, 2.24) is 15.0 Å². The van der Waals surface area contributed by atoms with Gasteiger partial charge in [0.15, 0.2) is 0 Å². The quantitative estimate of drug-likeness (QED) is 0.520. The van der Waals surface area contributed by atoms with E-state index in [0.29, 0.717) is 11.6 Å². The molecule has 0 atom stereocenters. The predicted octanol–water partition coefficient (Wildman–Crippen LogP) is 4.81. The summed E-state index contributed by atoms with van der Waals surface area (Å²) in [6.07, 6.45) is 4.51. The zero-order valence-electron chi connectivity index (χ0n) is 14.4. The Kier molecular flexibility index (Phi) is 4.82. The average Bonchev–Trinajstić information content (AvgIpc) is 2.71. The lowest BCUT2D eigenvalue weighted by Crippen LogP contribution is -2.13. The largest absolute Gasteiger partial charge is 0.322 e. The molecule has 8 heteroatoms. The van der Waals surface area contributed by atoms with E-state index in [2.05, 4.69) is 25.6 Å². The fourth-order valence-electron chi connectivity index (χ4n) is 2.61. The van der Waals surface area contributed by atoms with Crippen LogP contribution in [0.25, 0.3) is 10.9 Å². The van der Waals surface area contributed by atoms with Crippen LogP contribution in [0.3, 0.4) is 0 Å². The summed E-state index contributed by atoms with van der Waals surface area (Å²) in [6.45, 7) is 0. The van der Waals surface area contributed by atoms with Crippen molar-refractivity contribution in [2.75, 3.05) is 10.6 Å². The molecule has 0 aliphatic carbocycles. The Morgan fingerprint density at radius 1 is 1.00 bits per heavy atom. The number of aromatic nitrogens is 3. The molecule has 4 aromatic rings. The zero-order valence-corrected chi connectivity index (χ0v) is 15.1. The molecule has 2 N–H and O–H groups in total. The Hall–Kier alpha value is -3.58. The van der Waals surface area contributed by atoms with Crippen LogP contribution >= 0.6 is 11.6 Å². The lowest BCUT2D eigenvalue weighted by molar-refractivity contribution is 0.102. The topological polar surface area (TPSA) is 79.8 Å². The molecule has 0 aliphatic rings. The van der Waals surface area contributed by atoms with Gasteiger partial charge in [-0.15, -0.1) is 0 Å². The number of hydrogen-bond acceptors (Lipinski definition) is 5. The molecule has 28 heavy (non-hydrogen) atoms. The number of benzene rings is 2. The van der Waals surface area contributed by atoms with Crippen LogP contribution < -0.4 is 10.6 Å². The molecule has 0 fully saturated rings. The molecule has 0 saturated carbocycles. The van der Waals surface area contributed by atoms with E-state index in [0.717, 1.165) is 16.6 Å². The molecule has 0 spiro atoms. The number of rotatable bonds is 4. The highest BCUT2D eigenvalue weighted by molar-refractivity contribution is 6.31. The van der Waals surface area contributed by atoms with E-state index < -0.39 is 11.7 Å². The minimum Gasteiger partial charge on any atom is -0.322 e. The van der Waals surface area contributed by atoms with Crippen molar-refractivity contribution in [3.63, 3.8) is 0 Å². The molecule has 2 aromatic carbocycles. The first-order valence-corrected chi connectivity index (χ1v) is 8.67. The summed E-state index contributed by atoms with van der Waals surface area (Å²) in [5.74, 6) is -0.651. The van der Waals surface area contributed by atoms with Crippen LogP contribution in [0.5, 0.6) is 0 Å². The van der Waals surface area contributed by atoms with Gasteiger partial charge in [-0.05, 0) is 30.3 Å². The van der Waals surface area contributed by atoms with Gasteiger partial charge in [0.2, 0.25) is 5.95 Å². The number of pyridine rings is 1. The van der Waals surface area contributed by atoms with E-state index in [1.165, 1.54) is 30.6 Å². The monoisotopic (exact) mass is 393 g/mol. The molecule has 0 saturated heterocycles. The number of anilines is 3. The summed E-state index contributed by atoms with van der Waals surface area (Å²) >= 11 is 5.72. The van der Waals surface area contributed by atoms with Crippen molar-refractivity contribution in [2.24, 2.45) is 0 Å². The maximum absolute atomic E-state index is 13.2. The summed E-state index contributed by atoms with van der Waals surface area (Å²) in [6, 6.07) is 13.5. The highest BCUT2D eigenvalue weighted by Gasteiger charge is 2.10. The van der Waals surface area contributed by atoms with Crippen LogP contribution in [-0.2, 0) is 0 Å². The van der Waals surface area contributed by atoms with E-state index in [4.69, 9.17) is 11.6 Å². The highest BCUT2D eigenvalue weighted by atomic mass is 35.5. The second kappa shape index (κ2) is 7.58. The second-order valence-corrected chi connectivity index (χ2v) is 6.29. The molecule has 4 rings (SSSR count). The number of amides is 1. The van der Waals surface area contributed by atoms with Crippen LogP contribution in [0.1, 0.15) is 10.4 Å². The van der Waals surface area contributed by atoms with Crippen LogP contribution in [0, 0.1) is 5.82 Å². The maximum Gasteiger partial charge on any atom is 0.258 e. The summed E-state index contributed by atoms with van der Waals surface area (Å²) in [5, 5.41) is 6.64. The number of carbonyl (C=O) groups is 1. The van der Waals surface area contributed by atoms with Crippen LogP contribution in [0.2, 0.25) is 5.02 Å². The van der Waals surface area contributed by atoms with Gasteiger partial charge in [-0.3, -0.25) is 9.78 Å². The zero-order chi connectivity index (χ0) is 19.5. The van der Waals surface area contributed by atoms with Crippen LogP contribution in [-0.4, -0.2) is 20.9 Å². The summed E-state index contributed by atoms with van der Waals surface area (Å²) in [5.41, 5.74) is 2.18. The number of carbonyl (C=O) groups excluding carboxylic acids is 1. The summed E-state index contributed by atoms with van der Waals surface area (Å²) in [4.78, 5) is 25.0. The minimum atomic E-state index is -0.554.